The quantitative estimate of drug-likeness (QED) is 0.593. The number of hydrogen-bond acceptors (Lipinski definition) is 6. The molecule has 0 saturated carbocycles. The molecular weight excluding hydrogens is 501 g/mol. The number of benzene rings is 2. The van der Waals surface area contributed by atoms with Crippen molar-refractivity contribution in [3.8, 4) is 5.75 Å². The highest BCUT2D eigenvalue weighted by Crippen LogP contribution is 2.32. The number of sulfonamides is 1. The van der Waals surface area contributed by atoms with Gasteiger partial charge in [0.25, 0.3) is 5.91 Å². The molecule has 2 heterocycles. The Morgan fingerprint density at radius 1 is 1.12 bits per heavy atom. The Hall–Kier alpha value is -2.04. The largest absolute Gasteiger partial charge is 0.495 e. The molecular formula is C23H27Cl2N3O5S. The van der Waals surface area contributed by atoms with Gasteiger partial charge in [-0.15, -0.1) is 0 Å². The fraction of sp³-hybridized carbons (Fsp3) is 0.435. The third kappa shape index (κ3) is 5.78. The Balaban J connectivity index is 1.46. The second-order valence-electron chi connectivity index (χ2n) is 8.26. The monoisotopic (exact) mass is 527 g/mol. The van der Waals surface area contributed by atoms with E-state index in [1.54, 1.807) is 42.3 Å². The Bertz CT molecular complexity index is 1130. The zero-order valence-corrected chi connectivity index (χ0v) is 21.1. The molecule has 34 heavy (non-hydrogen) atoms. The number of piperazine rings is 1. The van der Waals surface area contributed by atoms with Crippen molar-refractivity contribution in [2.45, 2.75) is 23.8 Å². The predicted octanol–water partition coefficient (Wildman–Crippen LogP) is 3.42. The number of hydrogen-bond donors (Lipinski definition) is 1. The van der Waals surface area contributed by atoms with Gasteiger partial charge in [0.15, 0.2) is 0 Å². The van der Waals surface area contributed by atoms with E-state index in [9.17, 15) is 13.2 Å². The third-order valence-electron chi connectivity index (χ3n) is 6.00. The highest BCUT2D eigenvalue weighted by atomic mass is 35.5. The van der Waals surface area contributed by atoms with Gasteiger partial charge in [-0.05, 0) is 49.2 Å². The topological polar surface area (TPSA) is 88.2 Å². The molecule has 4 rings (SSSR count). The average molecular weight is 528 g/mol. The Morgan fingerprint density at radius 3 is 2.44 bits per heavy atom. The molecule has 2 aromatic rings. The van der Waals surface area contributed by atoms with Crippen molar-refractivity contribution in [3.63, 3.8) is 0 Å². The van der Waals surface area contributed by atoms with E-state index in [4.69, 9.17) is 32.7 Å². The van der Waals surface area contributed by atoms with Gasteiger partial charge >= 0.3 is 0 Å². The molecule has 2 saturated heterocycles. The van der Waals surface area contributed by atoms with E-state index in [1.165, 1.54) is 6.07 Å². The summed E-state index contributed by atoms with van der Waals surface area (Å²) in [4.78, 5) is 16.8. The third-order valence-corrected chi connectivity index (χ3v) is 7.86. The summed E-state index contributed by atoms with van der Waals surface area (Å²) >= 11 is 12.1. The SMILES string of the molecule is COc1ccc(S(=O)(=O)NCC2CCCO2)cc1N1CCN(C(=O)c2cc(Cl)cc(Cl)c2)CC1. The van der Waals surface area contributed by atoms with Gasteiger partial charge < -0.3 is 19.3 Å². The molecule has 0 aliphatic carbocycles. The minimum Gasteiger partial charge on any atom is -0.495 e. The van der Waals surface area contributed by atoms with Crippen molar-refractivity contribution >= 4 is 44.8 Å². The van der Waals surface area contributed by atoms with Crippen LogP contribution in [-0.4, -0.2) is 71.8 Å². The lowest BCUT2D eigenvalue weighted by molar-refractivity contribution is 0.0746. The Kier molecular flexibility index (Phi) is 7.89. The molecule has 0 aromatic heterocycles. The van der Waals surface area contributed by atoms with Crippen LogP contribution in [0.1, 0.15) is 23.2 Å². The van der Waals surface area contributed by atoms with Crippen molar-refractivity contribution in [1.29, 1.82) is 0 Å². The van der Waals surface area contributed by atoms with Crippen molar-refractivity contribution in [2.24, 2.45) is 0 Å². The van der Waals surface area contributed by atoms with Crippen LogP contribution >= 0.6 is 23.2 Å². The Labute approximate surface area is 209 Å². The first kappa shape index (κ1) is 25.1. The molecule has 8 nitrogen and oxygen atoms in total. The molecule has 2 aliphatic rings. The minimum atomic E-state index is -3.70. The van der Waals surface area contributed by atoms with Crippen LogP contribution in [0.5, 0.6) is 5.75 Å². The summed E-state index contributed by atoms with van der Waals surface area (Å²) in [6.45, 7) is 2.86. The number of methoxy groups -OCH3 is 1. The highest BCUT2D eigenvalue weighted by molar-refractivity contribution is 7.89. The first-order chi connectivity index (χ1) is 16.3. The number of rotatable bonds is 7. The van der Waals surface area contributed by atoms with E-state index in [0.717, 1.165) is 12.8 Å². The Morgan fingerprint density at radius 2 is 1.82 bits per heavy atom. The number of carbonyl (C=O) groups excluding carboxylic acids is 1. The summed E-state index contributed by atoms with van der Waals surface area (Å²) in [6, 6.07) is 9.59. The fourth-order valence-corrected chi connectivity index (χ4v) is 5.80. The van der Waals surface area contributed by atoms with Gasteiger partial charge in [0.2, 0.25) is 10.0 Å². The zero-order valence-electron chi connectivity index (χ0n) is 18.8. The van der Waals surface area contributed by atoms with Crippen LogP contribution in [0, 0.1) is 0 Å². The van der Waals surface area contributed by atoms with Gasteiger partial charge in [0.1, 0.15) is 5.75 Å². The summed E-state index contributed by atoms with van der Waals surface area (Å²) in [6.07, 6.45) is 1.70. The predicted molar refractivity (Wildman–Crippen MR) is 132 cm³/mol. The molecule has 1 unspecified atom stereocenters. The van der Waals surface area contributed by atoms with Crippen molar-refractivity contribution in [3.05, 3.63) is 52.0 Å². The molecule has 1 amide bonds. The summed E-state index contributed by atoms with van der Waals surface area (Å²) in [5, 5.41) is 0.815. The summed E-state index contributed by atoms with van der Waals surface area (Å²) in [7, 11) is -2.16. The number of ether oxygens (including phenoxy) is 2. The number of nitrogens with one attached hydrogen (secondary N) is 1. The van der Waals surface area contributed by atoms with Crippen LogP contribution in [0.4, 0.5) is 5.69 Å². The average Bonchev–Trinajstić information content (AvgIpc) is 3.35. The van der Waals surface area contributed by atoms with Gasteiger partial charge in [-0.25, -0.2) is 13.1 Å². The molecule has 184 valence electrons. The van der Waals surface area contributed by atoms with Crippen LogP contribution in [0.15, 0.2) is 41.3 Å². The standard InChI is InChI=1S/C23H27Cl2N3O5S/c1-32-22-5-4-20(34(30,31)26-15-19-3-2-10-33-19)14-21(22)27-6-8-28(9-7-27)23(29)16-11-17(24)13-18(25)12-16/h4-5,11-14,19,26H,2-3,6-10,15H2,1H3. The molecule has 0 spiro atoms. The maximum Gasteiger partial charge on any atom is 0.254 e. The number of amides is 1. The van der Waals surface area contributed by atoms with Gasteiger partial charge in [-0.2, -0.15) is 0 Å². The van der Waals surface area contributed by atoms with Gasteiger partial charge in [-0.3, -0.25) is 4.79 Å². The van der Waals surface area contributed by atoms with Gasteiger partial charge in [0, 0.05) is 54.9 Å². The molecule has 1 atom stereocenters. The number of anilines is 1. The van der Waals surface area contributed by atoms with E-state index in [0.29, 0.717) is 59.8 Å². The van der Waals surface area contributed by atoms with Crippen molar-refractivity contribution in [1.82, 2.24) is 9.62 Å². The van der Waals surface area contributed by atoms with E-state index < -0.39 is 10.0 Å². The highest BCUT2D eigenvalue weighted by Gasteiger charge is 2.26. The van der Waals surface area contributed by atoms with Crippen LogP contribution < -0.4 is 14.4 Å². The van der Waals surface area contributed by atoms with Crippen LogP contribution in [0.3, 0.4) is 0 Å². The molecule has 0 bridgehead atoms. The zero-order chi connectivity index (χ0) is 24.3. The van der Waals surface area contributed by atoms with Gasteiger partial charge in [-0.1, -0.05) is 23.2 Å². The van der Waals surface area contributed by atoms with Crippen molar-refractivity contribution in [2.75, 3.05) is 51.3 Å². The van der Waals surface area contributed by atoms with E-state index in [1.807, 2.05) is 4.90 Å². The van der Waals surface area contributed by atoms with Crippen LogP contribution in [0.25, 0.3) is 0 Å². The first-order valence-corrected chi connectivity index (χ1v) is 13.3. The maximum absolute atomic E-state index is 12.9. The second kappa shape index (κ2) is 10.7. The molecule has 0 radical (unpaired) electrons. The van der Waals surface area contributed by atoms with E-state index in [-0.39, 0.29) is 23.5 Å². The summed E-state index contributed by atoms with van der Waals surface area (Å²) < 4.78 is 39.4. The number of nitrogens with zero attached hydrogens (tertiary/aromatic N) is 2. The van der Waals surface area contributed by atoms with Crippen molar-refractivity contribution < 1.29 is 22.7 Å². The molecule has 2 aliphatic heterocycles. The minimum absolute atomic E-state index is 0.0903. The lowest BCUT2D eigenvalue weighted by atomic mass is 10.1. The van der Waals surface area contributed by atoms with Gasteiger partial charge in [0.05, 0.1) is 23.8 Å². The molecule has 2 aromatic carbocycles. The molecule has 11 heteroatoms. The first-order valence-electron chi connectivity index (χ1n) is 11.1. The smallest absolute Gasteiger partial charge is 0.254 e. The van der Waals surface area contributed by atoms with Crippen LogP contribution in [-0.2, 0) is 14.8 Å². The summed E-state index contributed by atoms with van der Waals surface area (Å²) in [5.41, 5.74) is 1.11. The van der Waals surface area contributed by atoms with E-state index >= 15 is 0 Å². The summed E-state index contributed by atoms with van der Waals surface area (Å²) in [5.74, 6) is 0.421. The van der Waals surface area contributed by atoms with E-state index in [2.05, 4.69) is 4.72 Å². The number of halogens is 2. The van der Waals surface area contributed by atoms with Crippen LogP contribution in [0.2, 0.25) is 10.0 Å². The number of carbonyl (C=O) groups is 1. The molecule has 2 fully saturated rings. The fourth-order valence-electron chi connectivity index (χ4n) is 4.19. The lowest BCUT2D eigenvalue weighted by Crippen LogP contribution is -2.49. The lowest BCUT2D eigenvalue weighted by Gasteiger charge is -2.36. The normalized spacial score (nSPS) is 18.9. The maximum atomic E-state index is 12.9. The molecule has 1 N–H and O–H groups in total. The second-order valence-corrected chi connectivity index (χ2v) is 10.9.